The van der Waals surface area contributed by atoms with E-state index in [0.29, 0.717) is 19.6 Å². The molecule has 2 N–H and O–H groups in total. The van der Waals surface area contributed by atoms with Gasteiger partial charge in [0.15, 0.2) is 0 Å². The van der Waals surface area contributed by atoms with Gasteiger partial charge in [-0.25, -0.2) is 0 Å². The zero-order chi connectivity index (χ0) is 16.0. The van der Waals surface area contributed by atoms with E-state index in [1.165, 1.54) is 5.56 Å². The molecule has 4 nitrogen and oxygen atoms in total. The molecule has 0 bridgehead atoms. The number of morpholine rings is 1. The van der Waals surface area contributed by atoms with Gasteiger partial charge in [-0.05, 0) is 29.5 Å². The summed E-state index contributed by atoms with van der Waals surface area (Å²) in [6, 6.07) is 8.01. The molecule has 1 fully saturated rings. The Labute approximate surface area is 137 Å². The molecular weight excluding hydrogens is 300 g/mol. The molecule has 1 atom stereocenters. The molecule has 122 valence electrons. The largest absolute Gasteiger partial charge is 0.378 e. The van der Waals surface area contributed by atoms with E-state index < -0.39 is 0 Å². The second-order valence-electron chi connectivity index (χ2n) is 6.68. The molecule has 2 rings (SSSR count). The summed E-state index contributed by atoms with van der Waals surface area (Å²) in [4.78, 5) is 12.0. The van der Waals surface area contributed by atoms with Gasteiger partial charge in [-0.2, -0.15) is 0 Å². The Hall–Kier alpha value is -1.10. The second kappa shape index (κ2) is 7.95. The number of benzene rings is 1. The number of carbonyl (C=O) groups excluding carboxylic acids is 1. The highest BCUT2D eigenvalue weighted by Gasteiger charge is 2.21. The monoisotopic (exact) mass is 324 g/mol. The van der Waals surface area contributed by atoms with Gasteiger partial charge in [-0.15, -0.1) is 0 Å². The van der Waals surface area contributed by atoms with Crippen molar-refractivity contribution in [2.45, 2.75) is 32.7 Å². The third kappa shape index (κ3) is 5.95. The van der Waals surface area contributed by atoms with E-state index in [1.54, 1.807) is 0 Å². The molecule has 1 aliphatic rings. The normalized spacial score (nSPS) is 19.0. The summed E-state index contributed by atoms with van der Waals surface area (Å²) >= 11 is 6.02. The summed E-state index contributed by atoms with van der Waals surface area (Å²) in [5, 5.41) is 7.08. The smallest absolute Gasteiger partial charge is 0.221 e. The maximum Gasteiger partial charge on any atom is 0.221 e. The van der Waals surface area contributed by atoms with Gasteiger partial charge in [0.05, 0.1) is 13.2 Å². The number of hydrogen-bond donors (Lipinski definition) is 2. The molecule has 1 aromatic rings. The van der Waals surface area contributed by atoms with Crippen LogP contribution in [0.25, 0.3) is 0 Å². The number of nitrogens with one attached hydrogen (secondary N) is 2. The Kier molecular flexibility index (Phi) is 6.24. The van der Waals surface area contributed by atoms with Crippen LogP contribution in [0, 0.1) is 5.41 Å². The van der Waals surface area contributed by atoms with Crippen LogP contribution < -0.4 is 10.6 Å². The van der Waals surface area contributed by atoms with Gasteiger partial charge in [0.1, 0.15) is 0 Å². The van der Waals surface area contributed by atoms with Crippen LogP contribution in [0.4, 0.5) is 0 Å². The molecule has 1 unspecified atom stereocenters. The Balaban J connectivity index is 1.77. The van der Waals surface area contributed by atoms with E-state index in [1.807, 2.05) is 18.2 Å². The predicted octanol–water partition coefficient (Wildman–Crippen LogP) is 2.40. The van der Waals surface area contributed by atoms with Crippen molar-refractivity contribution in [3.8, 4) is 0 Å². The average Bonchev–Trinajstić information content (AvgIpc) is 2.46. The fraction of sp³-hybridized carbons (Fsp3) is 0.588. The van der Waals surface area contributed by atoms with Crippen LogP contribution in [0.15, 0.2) is 24.3 Å². The minimum Gasteiger partial charge on any atom is -0.378 e. The number of carbonyl (C=O) groups is 1. The van der Waals surface area contributed by atoms with Gasteiger partial charge in [-0.3, -0.25) is 4.79 Å². The lowest BCUT2D eigenvalue weighted by atomic mass is 9.85. The van der Waals surface area contributed by atoms with Crippen molar-refractivity contribution in [3.05, 3.63) is 34.9 Å². The second-order valence-corrected chi connectivity index (χ2v) is 7.11. The molecule has 1 heterocycles. The molecule has 0 spiro atoms. The van der Waals surface area contributed by atoms with E-state index in [9.17, 15) is 4.79 Å². The van der Waals surface area contributed by atoms with Crippen LogP contribution >= 0.6 is 11.6 Å². The van der Waals surface area contributed by atoms with Gasteiger partial charge < -0.3 is 15.4 Å². The predicted molar refractivity (Wildman–Crippen MR) is 89.2 cm³/mol. The maximum atomic E-state index is 12.0. The van der Waals surface area contributed by atoms with Crippen LogP contribution in [0.2, 0.25) is 5.02 Å². The van der Waals surface area contributed by atoms with E-state index in [0.717, 1.165) is 24.6 Å². The Morgan fingerprint density at radius 1 is 1.50 bits per heavy atom. The van der Waals surface area contributed by atoms with E-state index >= 15 is 0 Å². The molecule has 1 amide bonds. The fourth-order valence-electron chi connectivity index (χ4n) is 2.65. The highest BCUT2D eigenvalue weighted by atomic mass is 35.5. The molecule has 0 aliphatic carbocycles. The van der Waals surface area contributed by atoms with E-state index in [-0.39, 0.29) is 17.4 Å². The van der Waals surface area contributed by atoms with Crippen molar-refractivity contribution in [1.82, 2.24) is 10.6 Å². The third-order valence-corrected chi connectivity index (χ3v) is 4.00. The quantitative estimate of drug-likeness (QED) is 0.845. The SMILES string of the molecule is CC(C)(CNC(=O)CC1COCCN1)Cc1cccc(Cl)c1. The lowest BCUT2D eigenvalue weighted by Crippen LogP contribution is -2.45. The lowest BCUT2D eigenvalue weighted by Gasteiger charge is -2.27. The number of rotatable bonds is 6. The van der Waals surface area contributed by atoms with Gasteiger partial charge in [0.25, 0.3) is 0 Å². The topological polar surface area (TPSA) is 50.4 Å². The number of ether oxygens (including phenoxy) is 1. The average molecular weight is 325 g/mol. The molecular formula is C17H25ClN2O2. The van der Waals surface area contributed by atoms with Crippen molar-refractivity contribution >= 4 is 17.5 Å². The van der Waals surface area contributed by atoms with Crippen molar-refractivity contribution in [2.24, 2.45) is 5.41 Å². The summed E-state index contributed by atoms with van der Waals surface area (Å²) in [6.07, 6.45) is 1.34. The third-order valence-electron chi connectivity index (χ3n) is 3.77. The Bertz CT molecular complexity index is 499. The van der Waals surface area contributed by atoms with Crippen LogP contribution in [-0.2, 0) is 16.0 Å². The standard InChI is InChI=1S/C17H25ClN2O2/c1-17(2,10-13-4-3-5-14(18)8-13)12-20-16(21)9-15-11-22-7-6-19-15/h3-5,8,15,19H,6-7,9-12H2,1-2H3,(H,20,21). The first-order valence-electron chi connectivity index (χ1n) is 7.77. The Morgan fingerprint density at radius 2 is 2.32 bits per heavy atom. The molecule has 1 aliphatic heterocycles. The van der Waals surface area contributed by atoms with E-state index in [2.05, 4.69) is 30.5 Å². The van der Waals surface area contributed by atoms with Crippen LogP contribution in [0.5, 0.6) is 0 Å². The molecule has 0 saturated carbocycles. The van der Waals surface area contributed by atoms with Crippen molar-refractivity contribution in [3.63, 3.8) is 0 Å². The lowest BCUT2D eigenvalue weighted by molar-refractivity contribution is -0.122. The van der Waals surface area contributed by atoms with Crippen molar-refractivity contribution in [1.29, 1.82) is 0 Å². The highest BCUT2D eigenvalue weighted by Crippen LogP contribution is 2.22. The van der Waals surface area contributed by atoms with Gasteiger partial charge in [-0.1, -0.05) is 37.6 Å². The molecule has 0 aromatic heterocycles. The fourth-order valence-corrected chi connectivity index (χ4v) is 2.86. The summed E-state index contributed by atoms with van der Waals surface area (Å²) < 4.78 is 5.36. The molecule has 1 saturated heterocycles. The first-order chi connectivity index (χ1) is 10.4. The summed E-state index contributed by atoms with van der Waals surface area (Å²) in [6.45, 7) is 7.10. The summed E-state index contributed by atoms with van der Waals surface area (Å²) in [5.41, 5.74) is 1.17. The van der Waals surface area contributed by atoms with Crippen LogP contribution in [0.1, 0.15) is 25.8 Å². The van der Waals surface area contributed by atoms with Crippen molar-refractivity contribution in [2.75, 3.05) is 26.3 Å². The van der Waals surface area contributed by atoms with Crippen molar-refractivity contribution < 1.29 is 9.53 Å². The summed E-state index contributed by atoms with van der Waals surface area (Å²) in [7, 11) is 0. The number of halogens is 1. The van der Waals surface area contributed by atoms with E-state index in [4.69, 9.17) is 16.3 Å². The molecule has 22 heavy (non-hydrogen) atoms. The zero-order valence-electron chi connectivity index (χ0n) is 13.3. The first kappa shape index (κ1) is 17.3. The minimum atomic E-state index is -0.0170. The molecule has 5 heteroatoms. The van der Waals surface area contributed by atoms with Crippen LogP contribution in [0.3, 0.4) is 0 Å². The highest BCUT2D eigenvalue weighted by molar-refractivity contribution is 6.30. The molecule has 0 radical (unpaired) electrons. The zero-order valence-corrected chi connectivity index (χ0v) is 14.1. The number of hydrogen-bond acceptors (Lipinski definition) is 3. The van der Waals surface area contributed by atoms with Gasteiger partial charge in [0, 0.05) is 30.6 Å². The first-order valence-corrected chi connectivity index (χ1v) is 8.15. The minimum absolute atomic E-state index is 0.0170. The number of amides is 1. The van der Waals surface area contributed by atoms with Gasteiger partial charge >= 0.3 is 0 Å². The summed E-state index contributed by atoms with van der Waals surface area (Å²) in [5.74, 6) is 0.0715. The van der Waals surface area contributed by atoms with Crippen LogP contribution in [-0.4, -0.2) is 38.3 Å². The maximum absolute atomic E-state index is 12.0. The molecule has 1 aromatic carbocycles. The van der Waals surface area contributed by atoms with Gasteiger partial charge in [0.2, 0.25) is 5.91 Å². The Morgan fingerprint density at radius 3 is 3.00 bits per heavy atom.